The minimum absolute atomic E-state index is 0. The normalized spacial score (nSPS) is 20.3. The van der Waals surface area contributed by atoms with Crippen LogP contribution in [-0.2, 0) is 17.1 Å². The van der Waals surface area contributed by atoms with Crippen molar-refractivity contribution in [3.8, 4) is 0 Å². The second-order valence-corrected chi connectivity index (χ2v) is 6.32. The summed E-state index contributed by atoms with van der Waals surface area (Å²) in [5.41, 5.74) is 1.38. The second-order valence-electron chi connectivity index (χ2n) is 5.11. The van der Waals surface area contributed by atoms with E-state index in [1.54, 1.807) is 0 Å². The molecule has 23 heavy (non-hydrogen) atoms. The van der Waals surface area contributed by atoms with Crippen molar-refractivity contribution in [3.05, 3.63) is 98.9 Å². The number of benzene rings is 1. The van der Waals surface area contributed by atoms with Crippen molar-refractivity contribution in [2.75, 3.05) is 7.05 Å². The Balaban J connectivity index is 0.000000377. The molecule has 1 nitrogen and oxygen atoms in total. The number of hydrogen-bond donors (Lipinski definition) is 1. The topological polar surface area (TPSA) is 12.0 Å². The largest absolute Gasteiger partial charge is 2.00 e. The molecule has 2 saturated carbocycles. The summed E-state index contributed by atoms with van der Waals surface area (Å²) < 4.78 is 0. The Kier molecular flexibility index (Phi) is 11.4. The molecule has 3 rings (SSSR count). The minimum Gasteiger partial charge on any atom is -0.316 e. The summed E-state index contributed by atoms with van der Waals surface area (Å²) in [5, 5.41) is 5.14. The summed E-state index contributed by atoms with van der Waals surface area (Å²) in [6.07, 6.45) is 18.5. The number of likely N-dealkylation sites (N-methyl/N-ethyl adjacent to an activating group) is 1. The minimum atomic E-state index is 0. The van der Waals surface area contributed by atoms with Crippen molar-refractivity contribution in [2.45, 2.75) is 18.2 Å². The maximum absolute atomic E-state index is 3.36. The van der Waals surface area contributed by atoms with Gasteiger partial charge in [0.05, 0.1) is 0 Å². The quantitative estimate of drug-likeness (QED) is 0.774. The average Bonchev–Trinajstić information content (AvgIpc) is 3.28. The van der Waals surface area contributed by atoms with Gasteiger partial charge in [-0.3, -0.25) is 0 Å². The summed E-state index contributed by atoms with van der Waals surface area (Å²) in [4.78, 5) is 0. The van der Waals surface area contributed by atoms with Gasteiger partial charge in [-0.25, -0.2) is 0 Å². The van der Waals surface area contributed by atoms with Crippen molar-refractivity contribution in [1.82, 2.24) is 5.32 Å². The van der Waals surface area contributed by atoms with E-state index in [1.165, 1.54) is 10.8 Å². The van der Waals surface area contributed by atoms with Gasteiger partial charge < -0.3 is 5.32 Å². The summed E-state index contributed by atoms with van der Waals surface area (Å²) in [7, 11) is 2.02. The fourth-order valence-electron chi connectivity index (χ4n) is 2.16. The molecule has 1 N–H and O–H groups in total. The first-order valence-corrected chi connectivity index (χ1v) is 8.46. The van der Waals surface area contributed by atoms with E-state index in [1.807, 2.05) is 50.9 Å². The van der Waals surface area contributed by atoms with Gasteiger partial charge in [0.25, 0.3) is 0 Å². The predicted octanol–water partition coefficient (Wildman–Crippen LogP) is 4.45. The maximum atomic E-state index is 3.36. The maximum Gasteiger partial charge on any atom is 2.00 e. The molecule has 0 aliphatic heterocycles. The van der Waals surface area contributed by atoms with Crippen LogP contribution < -0.4 is 5.32 Å². The zero-order chi connectivity index (χ0) is 15.6. The Morgan fingerprint density at radius 2 is 1.35 bits per heavy atom. The van der Waals surface area contributed by atoms with E-state index in [4.69, 9.17) is 0 Å². The van der Waals surface area contributed by atoms with Gasteiger partial charge in [-0.05, 0) is 77.3 Å². The van der Waals surface area contributed by atoms with Crippen molar-refractivity contribution in [1.29, 1.82) is 0 Å². The first-order valence-electron chi connectivity index (χ1n) is 7.58. The molecule has 0 unspecified atom stereocenters. The van der Waals surface area contributed by atoms with E-state index in [9.17, 15) is 0 Å². The van der Waals surface area contributed by atoms with Gasteiger partial charge in [0, 0.05) is 16.5 Å². The van der Waals surface area contributed by atoms with Gasteiger partial charge in [-0.1, -0.05) is 30.3 Å². The molecule has 2 aliphatic carbocycles. The molecule has 3 heteroatoms. The number of nitrogens with one attached hydrogen (secondary N) is 1. The van der Waals surface area contributed by atoms with Crippen LogP contribution in [0.3, 0.4) is 0 Å². The van der Waals surface area contributed by atoms with Crippen LogP contribution in [0.5, 0.6) is 0 Å². The van der Waals surface area contributed by atoms with Crippen LogP contribution in [-0.4, -0.2) is 13.1 Å². The SMILES string of the molecule is CN[C@@H](C)[C@H](S[C]1[CH][CH][CH][CH]1)c1ccccc1.[CH]1[CH][CH][CH][CH]1.[Fe+2]. The Hall–Kier alpha value is 0.0495. The predicted molar refractivity (Wildman–Crippen MR) is 97.2 cm³/mol. The van der Waals surface area contributed by atoms with Crippen LogP contribution in [0.4, 0.5) is 0 Å². The Bertz CT molecular complexity index is 380. The molecule has 120 valence electrons. The molecule has 2 fully saturated rings. The van der Waals surface area contributed by atoms with Crippen molar-refractivity contribution < 1.29 is 17.1 Å². The fourth-order valence-corrected chi connectivity index (χ4v) is 3.40. The summed E-state index contributed by atoms with van der Waals surface area (Å²) in [6.45, 7) is 2.23. The van der Waals surface area contributed by atoms with Crippen LogP contribution in [0.1, 0.15) is 17.7 Å². The molecule has 0 saturated heterocycles. The van der Waals surface area contributed by atoms with Crippen LogP contribution >= 0.6 is 11.8 Å². The molecular formula is C20H23FeNS+2. The number of hydrogen-bond acceptors (Lipinski definition) is 2. The van der Waals surface area contributed by atoms with Crippen LogP contribution in [0.15, 0.2) is 30.3 Å². The molecule has 1 aromatic carbocycles. The molecule has 10 radical (unpaired) electrons. The standard InChI is InChI=1S/C15H18NS.C5H5.Fe/c1-12(16-2)15(13-8-4-3-5-9-13)17-14-10-6-7-11-14;1-2-4-5-3-1;/h3-12,15-16H,1-2H3;1-5H;/q;;+2/t12-,15-;;/m0../s1. The van der Waals surface area contributed by atoms with E-state index in [0.717, 1.165) is 0 Å². The molecule has 2 aliphatic rings. The third-order valence-corrected chi connectivity index (χ3v) is 4.97. The van der Waals surface area contributed by atoms with E-state index in [0.29, 0.717) is 11.3 Å². The Labute approximate surface area is 158 Å². The molecular weight excluding hydrogens is 342 g/mol. The van der Waals surface area contributed by atoms with E-state index < -0.39 is 0 Å². The first-order chi connectivity index (χ1) is 10.8. The zero-order valence-electron chi connectivity index (χ0n) is 13.5. The third kappa shape index (κ3) is 7.65. The smallest absolute Gasteiger partial charge is 0.316 e. The number of rotatable bonds is 5. The molecule has 0 bridgehead atoms. The van der Waals surface area contributed by atoms with Gasteiger partial charge in [-0.2, -0.15) is 0 Å². The number of thioether (sulfide) groups is 1. The van der Waals surface area contributed by atoms with Crippen LogP contribution in [0.2, 0.25) is 0 Å². The zero-order valence-corrected chi connectivity index (χ0v) is 15.4. The van der Waals surface area contributed by atoms with Gasteiger partial charge in [0.15, 0.2) is 0 Å². The van der Waals surface area contributed by atoms with Crippen molar-refractivity contribution in [2.24, 2.45) is 0 Å². The summed E-state index contributed by atoms with van der Waals surface area (Å²) in [6, 6.07) is 11.1. The molecule has 1 aromatic rings. The summed E-state index contributed by atoms with van der Waals surface area (Å²) in [5.74, 6) is 0. The van der Waals surface area contributed by atoms with Crippen LogP contribution in [0, 0.1) is 63.0 Å². The molecule has 0 heterocycles. The molecule has 0 amide bonds. The Morgan fingerprint density at radius 3 is 1.83 bits per heavy atom. The van der Waals surface area contributed by atoms with E-state index >= 15 is 0 Å². The van der Waals surface area contributed by atoms with Crippen molar-refractivity contribution >= 4 is 11.8 Å². The van der Waals surface area contributed by atoms with E-state index in [-0.39, 0.29) is 17.1 Å². The van der Waals surface area contributed by atoms with Gasteiger partial charge in [0.1, 0.15) is 0 Å². The monoisotopic (exact) mass is 365 g/mol. The molecule has 0 aromatic heterocycles. The Morgan fingerprint density at radius 1 is 0.826 bits per heavy atom. The molecule has 0 spiro atoms. The first kappa shape index (κ1) is 21.1. The van der Waals surface area contributed by atoms with Gasteiger partial charge in [-0.15, -0.1) is 11.8 Å². The fraction of sp³-hybridized carbons (Fsp3) is 0.200. The average molecular weight is 365 g/mol. The van der Waals surface area contributed by atoms with Gasteiger partial charge in [0.2, 0.25) is 0 Å². The van der Waals surface area contributed by atoms with Gasteiger partial charge >= 0.3 is 17.1 Å². The second kappa shape index (κ2) is 12.4. The summed E-state index contributed by atoms with van der Waals surface area (Å²) >= 11 is 1.92. The van der Waals surface area contributed by atoms with Crippen LogP contribution in [0.25, 0.3) is 0 Å². The third-order valence-electron chi connectivity index (χ3n) is 3.49. The van der Waals surface area contributed by atoms with Crippen molar-refractivity contribution in [3.63, 3.8) is 0 Å². The molecule has 2 atom stereocenters. The van der Waals surface area contributed by atoms with E-state index in [2.05, 4.69) is 68.3 Å².